The normalized spacial score (nSPS) is 19.7. The molecular weight excluding hydrogens is 414 g/mol. The zero-order valence-electron chi connectivity index (χ0n) is 17.4. The minimum atomic E-state index is -0.295. The molecule has 0 bridgehead atoms. The van der Waals surface area contributed by atoms with Crippen LogP contribution in [0.4, 0.5) is 5.69 Å². The lowest BCUT2D eigenvalue weighted by atomic mass is 9.76. The van der Waals surface area contributed by atoms with Gasteiger partial charge < -0.3 is 0 Å². The van der Waals surface area contributed by atoms with Gasteiger partial charge in [0.1, 0.15) is 0 Å². The third kappa shape index (κ3) is 2.94. The lowest BCUT2D eigenvalue weighted by molar-refractivity contribution is -0.122. The fourth-order valence-electron chi connectivity index (χ4n) is 5.09. The summed E-state index contributed by atoms with van der Waals surface area (Å²) in [4.78, 5) is 30.6. The number of amides is 2. The minimum Gasteiger partial charge on any atom is -0.274 e. The average Bonchev–Trinajstić information content (AvgIpc) is 3.34. The van der Waals surface area contributed by atoms with Gasteiger partial charge in [-0.05, 0) is 47.2 Å². The second-order valence-electron chi connectivity index (χ2n) is 8.42. The summed E-state index contributed by atoms with van der Waals surface area (Å²) < 4.78 is 0. The molecule has 1 aliphatic heterocycles. The summed E-state index contributed by atoms with van der Waals surface area (Å²) in [7, 11) is 0. The SMILES string of the molecule is O=C1C2Cc3c(-c4ccccc4)sc(-c4ccccc4)c3CC2C(=O)N1c1ccccc1. The maximum atomic E-state index is 13.4. The lowest BCUT2D eigenvalue weighted by Crippen LogP contribution is -2.30. The Morgan fingerprint density at radius 1 is 0.594 bits per heavy atom. The average molecular weight is 436 g/mol. The molecule has 1 saturated heterocycles. The Hall–Kier alpha value is -3.50. The van der Waals surface area contributed by atoms with Gasteiger partial charge in [0.05, 0.1) is 17.5 Å². The molecule has 4 heteroatoms. The first kappa shape index (κ1) is 19.2. The van der Waals surface area contributed by atoms with E-state index in [1.807, 2.05) is 42.5 Å². The summed E-state index contributed by atoms with van der Waals surface area (Å²) in [5.41, 5.74) is 5.48. The molecule has 3 nitrogen and oxygen atoms in total. The minimum absolute atomic E-state index is 0.0664. The molecule has 0 saturated carbocycles. The Bertz CT molecular complexity index is 1230. The standard InChI is InChI=1S/C28H21NO2S/c30-27-23-16-21-22(17-24(23)28(31)29(27)20-14-8-3-9-15-20)26(19-12-6-2-7-13-19)32-25(21)18-10-4-1-5-11-18/h1-15,23-24H,16-17H2. The van der Waals surface area contributed by atoms with Crippen molar-refractivity contribution in [2.24, 2.45) is 11.8 Å². The number of nitrogens with zero attached hydrogens (tertiary/aromatic N) is 1. The van der Waals surface area contributed by atoms with Crippen LogP contribution in [0.3, 0.4) is 0 Å². The van der Waals surface area contributed by atoms with Crippen LogP contribution in [0.15, 0.2) is 91.0 Å². The van der Waals surface area contributed by atoms with E-state index in [0.29, 0.717) is 18.5 Å². The summed E-state index contributed by atoms with van der Waals surface area (Å²) in [6.45, 7) is 0. The van der Waals surface area contributed by atoms with Crippen molar-refractivity contribution in [3.8, 4) is 20.9 Å². The number of imide groups is 1. The predicted molar refractivity (Wildman–Crippen MR) is 129 cm³/mol. The van der Waals surface area contributed by atoms with Crippen molar-refractivity contribution < 1.29 is 9.59 Å². The highest BCUT2D eigenvalue weighted by atomic mass is 32.1. The van der Waals surface area contributed by atoms with Gasteiger partial charge >= 0.3 is 0 Å². The summed E-state index contributed by atoms with van der Waals surface area (Å²) in [6.07, 6.45) is 1.23. The van der Waals surface area contributed by atoms with Crippen molar-refractivity contribution >= 4 is 28.8 Å². The predicted octanol–water partition coefficient (Wildman–Crippen LogP) is 5.99. The first-order valence-corrected chi connectivity index (χ1v) is 11.7. The first-order chi connectivity index (χ1) is 15.7. The number of benzene rings is 3. The van der Waals surface area contributed by atoms with E-state index in [9.17, 15) is 9.59 Å². The van der Waals surface area contributed by atoms with E-state index in [1.54, 1.807) is 11.3 Å². The topological polar surface area (TPSA) is 37.4 Å². The number of rotatable bonds is 3. The van der Waals surface area contributed by atoms with Gasteiger partial charge in [-0.1, -0.05) is 78.9 Å². The second-order valence-corrected chi connectivity index (χ2v) is 9.44. The van der Waals surface area contributed by atoms with Crippen LogP contribution in [-0.4, -0.2) is 11.8 Å². The lowest BCUT2D eigenvalue weighted by Gasteiger charge is -2.23. The van der Waals surface area contributed by atoms with Crippen LogP contribution >= 0.6 is 11.3 Å². The highest BCUT2D eigenvalue weighted by Gasteiger charge is 2.51. The fraction of sp³-hybridized carbons (Fsp3) is 0.143. The van der Waals surface area contributed by atoms with Gasteiger partial charge in [0, 0.05) is 9.75 Å². The number of para-hydroxylation sites is 1. The van der Waals surface area contributed by atoms with Crippen LogP contribution in [0, 0.1) is 11.8 Å². The van der Waals surface area contributed by atoms with E-state index in [2.05, 4.69) is 48.5 Å². The third-order valence-corrected chi connectivity index (χ3v) is 7.98. The van der Waals surface area contributed by atoms with Crippen molar-refractivity contribution in [2.75, 3.05) is 4.90 Å². The van der Waals surface area contributed by atoms with E-state index >= 15 is 0 Å². The molecule has 1 fully saturated rings. The van der Waals surface area contributed by atoms with E-state index in [-0.39, 0.29) is 23.7 Å². The maximum absolute atomic E-state index is 13.4. The van der Waals surface area contributed by atoms with E-state index in [4.69, 9.17) is 0 Å². The molecule has 3 aromatic carbocycles. The molecule has 32 heavy (non-hydrogen) atoms. The fourth-order valence-corrected chi connectivity index (χ4v) is 6.46. The van der Waals surface area contributed by atoms with Gasteiger partial charge in [-0.25, -0.2) is 0 Å². The van der Waals surface area contributed by atoms with Crippen molar-refractivity contribution in [3.05, 3.63) is 102 Å². The summed E-state index contributed by atoms with van der Waals surface area (Å²) in [5, 5.41) is 0. The number of thiophene rings is 1. The van der Waals surface area contributed by atoms with Crippen molar-refractivity contribution in [1.29, 1.82) is 0 Å². The molecule has 6 rings (SSSR count). The van der Waals surface area contributed by atoms with E-state index < -0.39 is 0 Å². The Kier molecular flexibility index (Phi) is 4.54. The van der Waals surface area contributed by atoms with Crippen molar-refractivity contribution in [2.45, 2.75) is 12.8 Å². The van der Waals surface area contributed by atoms with Gasteiger partial charge in [-0.15, -0.1) is 11.3 Å². The highest BCUT2D eigenvalue weighted by molar-refractivity contribution is 7.19. The molecule has 2 amide bonds. The smallest absolute Gasteiger partial charge is 0.238 e. The molecule has 2 aliphatic rings. The maximum Gasteiger partial charge on any atom is 0.238 e. The zero-order valence-corrected chi connectivity index (χ0v) is 18.2. The molecule has 1 aromatic heterocycles. The Labute approximate surface area is 191 Å². The zero-order chi connectivity index (χ0) is 21.7. The molecule has 156 valence electrons. The van der Waals surface area contributed by atoms with Crippen LogP contribution in [0.2, 0.25) is 0 Å². The van der Waals surface area contributed by atoms with Gasteiger partial charge in [0.2, 0.25) is 11.8 Å². The molecule has 2 atom stereocenters. The monoisotopic (exact) mass is 435 g/mol. The Morgan fingerprint density at radius 3 is 1.44 bits per heavy atom. The quantitative estimate of drug-likeness (QED) is 0.371. The van der Waals surface area contributed by atoms with Crippen LogP contribution in [0.25, 0.3) is 20.9 Å². The molecule has 2 unspecified atom stereocenters. The first-order valence-electron chi connectivity index (χ1n) is 10.9. The molecule has 0 N–H and O–H groups in total. The van der Waals surface area contributed by atoms with E-state index in [1.165, 1.54) is 36.9 Å². The van der Waals surface area contributed by atoms with Gasteiger partial charge in [-0.3, -0.25) is 14.5 Å². The molecular formula is C28H21NO2S. The Balaban J connectivity index is 1.48. The molecule has 0 radical (unpaired) electrons. The number of carbonyl (C=O) groups excluding carboxylic acids is 2. The molecule has 1 aliphatic carbocycles. The van der Waals surface area contributed by atoms with E-state index in [0.717, 1.165) is 0 Å². The number of anilines is 1. The van der Waals surface area contributed by atoms with Gasteiger partial charge in [0.25, 0.3) is 0 Å². The van der Waals surface area contributed by atoms with Crippen molar-refractivity contribution in [1.82, 2.24) is 0 Å². The number of hydrogen-bond donors (Lipinski definition) is 0. The van der Waals surface area contributed by atoms with Crippen LogP contribution in [0.5, 0.6) is 0 Å². The molecule has 0 spiro atoms. The van der Waals surface area contributed by atoms with Crippen LogP contribution in [0.1, 0.15) is 11.1 Å². The third-order valence-electron chi connectivity index (χ3n) is 6.61. The summed E-state index contributed by atoms with van der Waals surface area (Å²) >= 11 is 1.78. The second kappa shape index (κ2) is 7.57. The van der Waals surface area contributed by atoms with Crippen LogP contribution in [-0.2, 0) is 22.4 Å². The van der Waals surface area contributed by atoms with Gasteiger partial charge in [-0.2, -0.15) is 0 Å². The van der Waals surface area contributed by atoms with Crippen molar-refractivity contribution in [3.63, 3.8) is 0 Å². The highest BCUT2D eigenvalue weighted by Crippen LogP contribution is 2.50. The number of fused-ring (bicyclic) bond motifs is 2. The van der Waals surface area contributed by atoms with Crippen LogP contribution < -0.4 is 4.90 Å². The number of hydrogen-bond acceptors (Lipinski definition) is 3. The summed E-state index contributed by atoms with van der Waals surface area (Å²) in [5.74, 6) is -0.724. The Morgan fingerprint density at radius 2 is 1.00 bits per heavy atom. The van der Waals surface area contributed by atoms with Gasteiger partial charge in [0.15, 0.2) is 0 Å². The number of carbonyl (C=O) groups is 2. The molecule has 4 aromatic rings. The summed E-state index contributed by atoms with van der Waals surface area (Å²) in [6, 6.07) is 30.1. The largest absolute Gasteiger partial charge is 0.274 e. The molecule has 2 heterocycles.